The molecule has 2 rings (SSSR count). The molecule has 0 saturated heterocycles. The number of benzene rings is 1. The third kappa shape index (κ3) is 2.00. The second-order valence-electron chi connectivity index (χ2n) is 3.84. The fraction of sp³-hybridized carbons (Fsp3) is 0.417. The summed E-state index contributed by atoms with van der Waals surface area (Å²) in [6.45, 7) is 0. The summed E-state index contributed by atoms with van der Waals surface area (Å²) in [5, 5.41) is 0.521. The van der Waals surface area contributed by atoms with Gasteiger partial charge >= 0.3 is 0 Å². The van der Waals surface area contributed by atoms with Gasteiger partial charge in [-0.3, -0.25) is 4.79 Å². The van der Waals surface area contributed by atoms with E-state index in [4.69, 9.17) is 16.3 Å². The standard InChI is InChI=1S/C12H13ClO2/c1-15-9-5-6-11(13)10(7-9)12(14)8-3-2-4-8/h5-8H,2-4H2,1H3. The highest BCUT2D eigenvalue weighted by atomic mass is 35.5. The predicted molar refractivity (Wildman–Crippen MR) is 59.7 cm³/mol. The Bertz CT molecular complexity index is 383. The number of methoxy groups -OCH3 is 1. The van der Waals surface area contributed by atoms with Crippen molar-refractivity contribution < 1.29 is 9.53 Å². The van der Waals surface area contributed by atoms with E-state index in [0.29, 0.717) is 16.3 Å². The summed E-state index contributed by atoms with van der Waals surface area (Å²) < 4.78 is 5.08. The van der Waals surface area contributed by atoms with Gasteiger partial charge in [-0.2, -0.15) is 0 Å². The lowest BCUT2D eigenvalue weighted by Crippen LogP contribution is -2.22. The van der Waals surface area contributed by atoms with Crippen molar-refractivity contribution in [2.75, 3.05) is 7.11 Å². The second-order valence-corrected chi connectivity index (χ2v) is 4.25. The van der Waals surface area contributed by atoms with Crippen molar-refractivity contribution in [1.82, 2.24) is 0 Å². The number of halogens is 1. The summed E-state index contributed by atoms with van der Waals surface area (Å²) >= 11 is 6.00. The van der Waals surface area contributed by atoms with Gasteiger partial charge in [0.15, 0.2) is 5.78 Å². The monoisotopic (exact) mass is 224 g/mol. The Morgan fingerprint density at radius 1 is 1.47 bits per heavy atom. The Morgan fingerprint density at radius 2 is 2.20 bits per heavy atom. The van der Waals surface area contributed by atoms with Crippen LogP contribution in [0.2, 0.25) is 5.02 Å². The summed E-state index contributed by atoms with van der Waals surface area (Å²) in [6.07, 6.45) is 3.14. The Balaban J connectivity index is 2.28. The van der Waals surface area contributed by atoms with Crippen LogP contribution in [-0.4, -0.2) is 12.9 Å². The number of ether oxygens (including phenoxy) is 1. The predicted octanol–water partition coefficient (Wildman–Crippen LogP) is 3.33. The van der Waals surface area contributed by atoms with Crippen LogP contribution in [-0.2, 0) is 0 Å². The molecule has 1 fully saturated rings. The van der Waals surface area contributed by atoms with E-state index in [1.807, 2.05) is 0 Å². The van der Waals surface area contributed by atoms with E-state index >= 15 is 0 Å². The van der Waals surface area contributed by atoms with Gasteiger partial charge in [-0.15, -0.1) is 0 Å². The van der Waals surface area contributed by atoms with E-state index < -0.39 is 0 Å². The number of ketones is 1. The minimum absolute atomic E-state index is 0.158. The van der Waals surface area contributed by atoms with Gasteiger partial charge in [0.25, 0.3) is 0 Å². The van der Waals surface area contributed by atoms with Gasteiger partial charge < -0.3 is 4.74 Å². The van der Waals surface area contributed by atoms with Crippen LogP contribution in [0.1, 0.15) is 29.6 Å². The zero-order valence-electron chi connectivity index (χ0n) is 8.63. The first-order valence-corrected chi connectivity index (χ1v) is 5.48. The Labute approximate surface area is 94.2 Å². The van der Waals surface area contributed by atoms with Gasteiger partial charge in [0.05, 0.1) is 12.1 Å². The first kappa shape index (κ1) is 10.5. The molecule has 0 amide bonds. The van der Waals surface area contributed by atoms with Gasteiger partial charge in [-0.1, -0.05) is 18.0 Å². The van der Waals surface area contributed by atoms with Gasteiger partial charge in [0.2, 0.25) is 0 Å². The lowest BCUT2D eigenvalue weighted by Gasteiger charge is -2.24. The molecule has 1 aromatic carbocycles. The third-order valence-electron chi connectivity index (χ3n) is 2.91. The third-order valence-corrected chi connectivity index (χ3v) is 3.24. The molecule has 0 aliphatic heterocycles. The van der Waals surface area contributed by atoms with Crippen molar-refractivity contribution in [2.45, 2.75) is 19.3 Å². The number of carbonyl (C=O) groups is 1. The molecule has 15 heavy (non-hydrogen) atoms. The number of hydrogen-bond donors (Lipinski definition) is 0. The van der Waals surface area contributed by atoms with E-state index in [9.17, 15) is 4.79 Å². The zero-order chi connectivity index (χ0) is 10.8. The average Bonchev–Trinajstić information content (AvgIpc) is 2.15. The Kier molecular flexibility index (Phi) is 2.96. The molecular weight excluding hydrogens is 212 g/mol. The first-order chi connectivity index (χ1) is 7.22. The second kappa shape index (κ2) is 4.23. The molecule has 0 spiro atoms. The van der Waals surface area contributed by atoms with Crippen LogP contribution in [0.4, 0.5) is 0 Å². The van der Waals surface area contributed by atoms with Crippen molar-refractivity contribution in [3.8, 4) is 5.75 Å². The molecule has 0 N–H and O–H groups in total. The fourth-order valence-electron chi connectivity index (χ4n) is 1.71. The molecule has 80 valence electrons. The molecule has 1 saturated carbocycles. The molecule has 3 heteroatoms. The molecule has 0 unspecified atom stereocenters. The first-order valence-electron chi connectivity index (χ1n) is 5.10. The highest BCUT2D eigenvalue weighted by Crippen LogP contribution is 2.33. The zero-order valence-corrected chi connectivity index (χ0v) is 9.38. The molecule has 1 aliphatic rings. The summed E-state index contributed by atoms with van der Waals surface area (Å²) in [6, 6.07) is 5.20. The van der Waals surface area contributed by atoms with Crippen LogP contribution < -0.4 is 4.74 Å². The molecule has 0 atom stereocenters. The van der Waals surface area contributed by atoms with Gasteiger partial charge in [-0.05, 0) is 31.0 Å². The lowest BCUT2D eigenvalue weighted by molar-refractivity contribution is 0.0855. The normalized spacial score (nSPS) is 15.9. The van der Waals surface area contributed by atoms with Crippen LogP contribution in [0.15, 0.2) is 18.2 Å². The smallest absolute Gasteiger partial charge is 0.167 e. The SMILES string of the molecule is COc1ccc(Cl)c(C(=O)C2CCC2)c1. The van der Waals surface area contributed by atoms with E-state index in [0.717, 1.165) is 19.3 Å². The molecule has 0 aromatic heterocycles. The fourth-order valence-corrected chi connectivity index (χ4v) is 1.92. The van der Waals surface area contributed by atoms with Gasteiger partial charge in [0.1, 0.15) is 5.75 Å². The maximum Gasteiger partial charge on any atom is 0.167 e. The Morgan fingerprint density at radius 3 is 2.73 bits per heavy atom. The quantitative estimate of drug-likeness (QED) is 0.737. The summed E-state index contributed by atoms with van der Waals surface area (Å²) in [7, 11) is 1.58. The van der Waals surface area contributed by atoms with Gasteiger partial charge in [0, 0.05) is 11.5 Å². The van der Waals surface area contributed by atoms with Crippen LogP contribution in [0.5, 0.6) is 5.75 Å². The molecule has 0 heterocycles. The average molecular weight is 225 g/mol. The summed E-state index contributed by atoms with van der Waals surface area (Å²) in [4.78, 5) is 12.0. The lowest BCUT2D eigenvalue weighted by atomic mass is 9.80. The van der Waals surface area contributed by atoms with Crippen molar-refractivity contribution in [3.63, 3.8) is 0 Å². The molecule has 1 aliphatic carbocycles. The molecule has 2 nitrogen and oxygen atoms in total. The van der Waals surface area contributed by atoms with E-state index in [2.05, 4.69) is 0 Å². The molecule has 1 aromatic rings. The number of carbonyl (C=O) groups excluding carboxylic acids is 1. The maximum atomic E-state index is 12.0. The highest BCUT2D eigenvalue weighted by molar-refractivity contribution is 6.34. The number of rotatable bonds is 3. The molecular formula is C12H13ClO2. The maximum absolute atomic E-state index is 12.0. The molecule has 0 bridgehead atoms. The van der Waals surface area contributed by atoms with Crippen molar-refractivity contribution in [3.05, 3.63) is 28.8 Å². The summed E-state index contributed by atoms with van der Waals surface area (Å²) in [5.74, 6) is 1.02. The van der Waals surface area contributed by atoms with Crippen LogP contribution in [0.3, 0.4) is 0 Å². The largest absolute Gasteiger partial charge is 0.497 e. The van der Waals surface area contributed by atoms with Crippen LogP contribution >= 0.6 is 11.6 Å². The van der Waals surface area contributed by atoms with Crippen molar-refractivity contribution in [1.29, 1.82) is 0 Å². The number of Topliss-reactive ketones (excluding diaryl/α,β-unsaturated/α-hetero) is 1. The highest BCUT2D eigenvalue weighted by Gasteiger charge is 2.27. The van der Waals surface area contributed by atoms with E-state index in [1.54, 1.807) is 25.3 Å². The Hall–Kier alpha value is -1.02. The minimum atomic E-state index is 0.158. The molecule has 0 radical (unpaired) electrons. The van der Waals surface area contributed by atoms with Crippen LogP contribution in [0, 0.1) is 5.92 Å². The number of hydrogen-bond acceptors (Lipinski definition) is 2. The van der Waals surface area contributed by atoms with E-state index in [-0.39, 0.29) is 11.7 Å². The van der Waals surface area contributed by atoms with Crippen molar-refractivity contribution in [2.24, 2.45) is 5.92 Å². The van der Waals surface area contributed by atoms with Crippen LogP contribution in [0.25, 0.3) is 0 Å². The topological polar surface area (TPSA) is 26.3 Å². The van der Waals surface area contributed by atoms with Gasteiger partial charge in [-0.25, -0.2) is 0 Å². The summed E-state index contributed by atoms with van der Waals surface area (Å²) in [5.41, 5.74) is 0.598. The van der Waals surface area contributed by atoms with Crippen molar-refractivity contribution >= 4 is 17.4 Å². The minimum Gasteiger partial charge on any atom is -0.497 e. The van der Waals surface area contributed by atoms with E-state index in [1.165, 1.54) is 0 Å².